The highest BCUT2D eigenvalue weighted by Crippen LogP contribution is 2.34. The average Bonchev–Trinajstić information content (AvgIpc) is 3.83. The normalized spacial score (nSPS) is 12.7. The van der Waals surface area contributed by atoms with E-state index < -0.39 is 28.2 Å². The first-order valence-electron chi connectivity index (χ1n) is 15.0. The molecule has 2 aromatic heterocycles. The SMILES string of the molecule is CC(=O)NCCC(=O)Nc1cccc(-n2c(=O)n(C3CC3)c(=O)c3c(Nc4ccc(C#CC(C)(C)O)cc4F)n(C)c(=O)c(C)c32)c1. The van der Waals surface area contributed by atoms with Crippen LogP contribution < -0.4 is 32.8 Å². The van der Waals surface area contributed by atoms with Crippen molar-refractivity contribution in [3.05, 3.63) is 90.6 Å². The Kier molecular flexibility index (Phi) is 8.91. The summed E-state index contributed by atoms with van der Waals surface area (Å²) >= 11 is 0. The topological polar surface area (TPSA) is 156 Å². The van der Waals surface area contributed by atoms with E-state index in [9.17, 15) is 29.1 Å². The number of fused-ring (bicyclic) bond motifs is 1. The molecular formula is C34H35FN6O6. The predicted molar refractivity (Wildman–Crippen MR) is 177 cm³/mol. The highest BCUT2D eigenvalue weighted by atomic mass is 19.1. The Balaban J connectivity index is 1.68. The van der Waals surface area contributed by atoms with Gasteiger partial charge in [0.1, 0.15) is 22.6 Å². The van der Waals surface area contributed by atoms with Crippen molar-refractivity contribution >= 4 is 39.9 Å². The van der Waals surface area contributed by atoms with Crippen LogP contribution in [0.25, 0.3) is 16.6 Å². The second kappa shape index (κ2) is 12.7. The Hall–Kier alpha value is -5.48. The van der Waals surface area contributed by atoms with Gasteiger partial charge in [-0.1, -0.05) is 17.9 Å². The third-order valence-electron chi connectivity index (χ3n) is 7.60. The van der Waals surface area contributed by atoms with E-state index in [1.165, 1.54) is 62.1 Å². The quantitative estimate of drug-likeness (QED) is 0.215. The van der Waals surface area contributed by atoms with Gasteiger partial charge < -0.3 is 21.1 Å². The van der Waals surface area contributed by atoms with Gasteiger partial charge in [0.05, 0.1) is 16.9 Å². The Morgan fingerprint density at radius 3 is 2.45 bits per heavy atom. The van der Waals surface area contributed by atoms with Crippen LogP contribution in [-0.2, 0) is 16.6 Å². The number of carbonyl (C=O) groups is 2. The van der Waals surface area contributed by atoms with Gasteiger partial charge in [-0.15, -0.1) is 0 Å². The summed E-state index contributed by atoms with van der Waals surface area (Å²) in [6, 6.07) is 10.2. The van der Waals surface area contributed by atoms with Crippen LogP contribution in [-0.4, -0.2) is 42.8 Å². The first-order chi connectivity index (χ1) is 22.2. The van der Waals surface area contributed by atoms with Crippen LogP contribution in [0.4, 0.5) is 21.6 Å². The van der Waals surface area contributed by atoms with Crippen molar-refractivity contribution in [2.24, 2.45) is 7.05 Å². The van der Waals surface area contributed by atoms with E-state index in [1.54, 1.807) is 24.3 Å². The first-order valence-corrected chi connectivity index (χ1v) is 15.0. The molecule has 0 atom stereocenters. The fraction of sp³-hybridized carbons (Fsp3) is 0.324. The van der Waals surface area contributed by atoms with Gasteiger partial charge in [-0.3, -0.25) is 32.9 Å². The predicted octanol–water partition coefficient (Wildman–Crippen LogP) is 2.96. The zero-order chi connectivity index (χ0) is 34.2. The maximum absolute atomic E-state index is 15.4. The molecule has 0 unspecified atom stereocenters. The number of amides is 2. The van der Waals surface area contributed by atoms with Gasteiger partial charge in [0.2, 0.25) is 11.8 Å². The molecule has 1 aliphatic rings. The van der Waals surface area contributed by atoms with Gasteiger partial charge in [-0.25, -0.2) is 9.18 Å². The molecule has 13 heteroatoms. The second-order valence-corrected chi connectivity index (χ2v) is 12.0. The molecule has 2 heterocycles. The van der Waals surface area contributed by atoms with Crippen LogP contribution in [0.5, 0.6) is 0 Å². The maximum atomic E-state index is 15.4. The Bertz CT molecular complexity index is 2180. The number of aliphatic hydroxyl groups is 1. The highest BCUT2D eigenvalue weighted by molar-refractivity contribution is 5.94. The van der Waals surface area contributed by atoms with E-state index in [0.717, 1.165) is 4.57 Å². The number of hydrogen-bond donors (Lipinski definition) is 4. The van der Waals surface area contributed by atoms with Crippen LogP contribution in [0.1, 0.15) is 57.2 Å². The summed E-state index contributed by atoms with van der Waals surface area (Å²) in [6.45, 7) is 6.02. The largest absolute Gasteiger partial charge is 0.378 e. The zero-order valence-electron chi connectivity index (χ0n) is 26.7. The minimum Gasteiger partial charge on any atom is -0.378 e. The van der Waals surface area contributed by atoms with E-state index in [4.69, 9.17) is 0 Å². The number of aryl methyl sites for hydroxylation is 1. The molecule has 0 radical (unpaired) electrons. The lowest BCUT2D eigenvalue weighted by atomic mass is 10.1. The molecule has 1 fully saturated rings. The van der Waals surface area contributed by atoms with E-state index >= 15 is 4.39 Å². The number of halogens is 1. The molecule has 4 aromatic rings. The van der Waals surface area contributed by atoms with Crippen LogP contribution in [0, 0.1) is 24.6 Å². The van der Waals surface area contributed by atoms with Crippen molar-refractivity contribution in [1.82, 2.24) is 19.0 Å². The molecule has 0 spiro atoms. The van der Waals surface area contributed by atoms with E-state index in [-0.39, 0.29) is 64.5 Å². The van der Waals surface area contributed by atoms with Gasteiger partial charge in [0, 0.05) is 49.8 Å². The van der Waals surface area contributed by atoms with Crippen LogP contribution in [0.15, 0.2) is 56.8 Å². The smallest absolute Gasteiger partial charge is 0.336 e. The molecule has 1 aliphatic carbocycles. The van der Waals surface area contributed by atoms with Gasteiger partial charge in [-0.2, -0.15) is 0 Å². The molecule has 12 nitrogen and oxygen atoms in total. The molecule has 2 aromatic carbocycles. The molecule has 0 saturated heterocycles. The standard InChI is InChI=1S/C34H35FN6O6/c1-19-29-28(30(39(5)31(19)44)38-26-12-9-21(17-25(26)35)13-15-34(3,4)47)32(45)41(23-10-11-23)33(46)40(29)24-8-6-7-22(18-24)37-27(43)14-16-36-20(2)42/h6-9,12,17-18,23,38,47H,10-11,14,16H2,1-5H3,(H,36,42)(H,37,43). The number of rotatable bonds is 8. The van der Waals surface area contributed by atoms with E-state index in [2.05, 4.69) is 27.8 Å². The van der Waals surface area contributed by atoms with Crippen molar-refractivity contribution in [3.8, 4) is 17.5 Å². The molecule has 244 valence electrons. The number of anilines is 3. The molecule has 4 N–H and O–H groups in total. The average molecular weight is 643 g/mol. The van der Waals surface area contributed by atoms with Gasteiger partial charge in [-0.05, 0) is 70.0 Å². The number of pyridine rings is 1. The lowest BCUT2D eigenvalue weighted by molar-refractivity contribution is -0.119. The third-order valence-corrected chi connectivity index (χ3v) is 7.60. The summed E-state index contributed by atoms with van der Waals surface area (Å²) in [5.41, 5.74) is -2.00. The van der Waals surface area contributed by atoms with Crippen molar-refractivity contribution < 1.29 is 19.1 Å². The monoisotopic (exact) mass is 642 g/mol. The van der Waals surface area contributed by atoms with Crippen LogP contribution in [0.3, 0.4) is 0 Å². The minimum absolute atomic E-state index is 0.00569. The molecule has 5 rings (SSSR count). The second-order valence-electron chi connectivity index (χ2n) is 12.0. The molecule has 47 heavy (non-hydrogen) atoms. The summed E-state index contributed by atoms with van der Waals surface area (Å²) in [5, 5.41) is 18.1. The number of aromatic nitrogens is 3. The summed E-state index contributed by atoms with van der Waals surface area (Å²) in [7, 11) is 1.45. The summed E-state index contributed by atoms with van der Waals surface area (Å²) in [6.07, 6.45) is 1.24. The maximum Gasteiger partial charge on any atom is 0.336 e. The number of hydrogen-bond acceptors (Lipinski definition) is 7. The summed E-state index contributed by atoms with van der Waals surface area (Å²) in [4.78, 5) is 65.4. The molecule has 0 bridgehead atoms. The molecule has 1 saturated carbocycles. The Morgan fingerprint density at radius 2 is 1.81 bits per heavy atom. The van der Waals surface area contributed by atoms with Crippen molar-refractivity contribution in [2.75, 3.05) is 17.2 Å². The van der Waals surface area contributed by atoms with Crippen molar-refractivity contribution in [1.29, 1.82) is 0 Å². The molecular weight excluding hydrogens is 607 g/mol. The highest BCUT2D eigenvalue weighted by Gasteiger charge is 2.31. The van der Waals surface area contributed by atoms with Crippen molar-refractivity contribution in [2.45, 2.75) is 58.6 Å². The number of benzene rings is 2. The number of carbonyl (C=O) groups excluding carboxylic acids is 2. The fourth-order valence-electron chi connectivity index (χ4n) is 5.20. The van der Waals surface area contributed by atoms with Gasteiger partial charge in [0.25, 0.3) is 11.1 Å². The van der Waals surface area contributed by atoms with E-state index in [0.29, 0.717) is 24.1 Å². The lowest BCUT2D eigenvalue weighted by Gasteiger charge is -2.21. The number of nitrogens with zero attached hydrogens (tertiary/aromatic N) is 3. The number of nitrogens with one attached hydrogen (secondary N) is 3. The lowest BCUT2D eigenvalue weighted by Crippen LogP contribution is -2.41. The molecule has 0 aliphatic heterocycles. The Morgan fingerprint density at radius 1 is 1.09 bits per heavy atom. The Labute approximate surface area is 268 Å². The summed E-state index contributed by atoms with van der Waals surface area (Å²) < 4.78 is 19.0. The zero-order valence-corrected chi connectivity index (χ0v) is 26.7. The van der Waals surface area contributed by atoms with Crippen LogP contribution in [0.2, 0.25) is 0 Å². The summed E-state index contributed by atoms with van der Waals surface area (Å²) in [5.74, 6) is 3.98. The van der Waals surface area contributed by atoms with Gasteiger partial charge >= 0.3 is 5.69 Å². The minimum atomic E-state index is -1.28. The fourth-order valence-corrected chi connectivity index (χ4v) is 5.20. The molecule has 2 amide bonds. The van der Waals surface area contributed by atoms with Crippen LogP contribution >= 0.6 is 0 Å². The van der Waals surface area contributed by atoms with Crippen molar-refractivity contribution in [3.63, 3.8) is 0 Å². The van der Waals surface area contributed by atoms with Gasteiger partial charge in [0.15, 0.2) is 0 Å². The first kappa shape index (κ1) is 32.9. The van der Waals surface area contributed by atoms with E-state index in [1.807, 2.05) is 0 Å². The third kappa shape index (κ3) is 7.02.